The van der Waals surface area contributed by atoms with E-state index in [4.69, 9.17) is 4.52 Å². The third-order valence-corrected chi connectivity index (χ3v) is 3.61. The third kappa shape index (κ3) is 2.76. The normalized spacial score (nSPS) is 11.6. The molecule has 7 nitrogen and oxygen atoms in total. The number of H-pyrrole nitrogens is 1. The summed E-state index contributed by atoms with van der Waals surface area (Å²) in [7, 11) is 0. The monoisotopic (exact) mass is 327 g/mol. The number of pyridine rings is 1. The average molecular weight is 327 g/mol. The molecule has 0 fully saturated rings. The van der Waals surface area contributed by atoms with Gasteiger partial charge in [-0.3, -0.25) is 9.59 Å². The second kappa shape index (κ2) is 5.52. The number of anilines is 1. The summed E-state index contributed by atoms with van der Waals surface area (Å²) < 4.78 is 5.18. The Morgan fingerprint density at radius 3 is 2.67 bits per heavy atom. The van der Waals surface area contributed by atoms with Crippen LogP contribution < -0.4 is 10.9 Å². The van der Waals surface area contributed by atoms with Crippen molar-refractivity contribution in [1.82, 2.24) is 10.1 Å². The summed E-state index contributed by atoms with van der Waals surface area (Å²) in [6.45, 7) is 5.83. The van der Waals surface area contributed by atoms with Gasteiger partial charge in [0, 0.05) is 16.9 Å². The van der Waals surface area contributed by atoms with E-state index in [1.807, 2.05) is 20.8 Å². The summed E-state index contributed by atoms with van der Waals surface area (Å²) in [5.74, 6) is -0.356. The summed E-state index contributed by atoms with van der Waals surface area (Å²) in [5, 5.41) is 16.9. The molecule has 0 aliphatic rings. The highest BCUT2D eigenvalue weighted by molar-refractivity contribution is 6.08. The van der Waals surface area contributed by atoms with E-state index in [1.165, 1.54) is 0 Å². The van der Waals surface area contributed by atoms with Gasteiger partial charge >= 0.3 is 0 Å². The number of aromatic amines is 1. The molecular formula is C17H17N3O4. The van der Waals surface area contributed by atoms with Crippen molar-refractivity contribution < 1.29 is 14.4 Å². The predicted octanol–water partition coefficient (Wildman–Crippen LogP) is 2.77. The van der Waals surface area contributed by atoms with Crippen LogP contribution in [0, 0.1) is 0 Å². The fourth-order valence-electron chi connectivity index (χ4n) is 2.30. The average Bonchev–Trinajstić information content (AvgIpc) is 2.96. The van der Waals surface area contributed by atoms with Gasteiger partial charge < -0.3 is 19.9 Å². The third-order valence-electron chi connectivity index (χ3n) is 3.61. The van der Waals surface area contributed by atoms with E-state index in [0.717, 1.165) is 0 Å². The van der Waals surface area contributed by atoms with E-state index >= 15 is 0 Å². The molecule has 1 amide bonds. The van der Waals surface area contributed by atoms with Gasteiger partial charge in [0.15, 0.2) is 5.82 Å². The smallest absolute Gasteiger partial charge is 0.266 e. The molecule has 0 saturated heterocycles. The van der Waals surface area contributed by atoms with Crippen LogP contribution in [-0.4, -0.2) is 21.2 Å². The van der Waals surface area contributed by atoms with E-state index in [9.17, 15) is 14.7 Å². The maximum Gasteiger partial charge on any atom is 0.266 e. The number of rotatable bonds is 2. The minimum Gasteiger partial charge on any atom is -0.506 e. The molecular weight excluding hydrogens is 310 g/mol. The van der Waals surface area contributed by atoms with Crippen molar-refractivity contribution in [2.75, 3.05) is 5.32 Å². The van der Waals surface area contributed by atoms with Crippen molar-refractivity contribution in [2.24, 2.45) is 0 Å². The van der Waals surface area contributed by atoms with Gasteiger partial charge in [-0.25, -0.2) is 0 Å². The van der Waals surface area contributed by atoms with E-state index in [-0.39, 0.29) is 22.5 Å². The second-order valence-corrected chi connectivity index (χ2v) is 6.50. The van der Waals surface area contributed by atoms with Crippen LogP contribution >= 0.6 is 0 Å². The molecule has 0 aliphatic carbocycles. The van der Waals surface area contributed by atoms with Gasteiger partial charge in [0.05, 0.1) is 5.52 Å². The Kier molecular flexibility index (Phi) is 3.63. The van der Waals surface area contributed by atoms with Gasteiger partial charge in [-0.05, 0) is 12.1 Å². The van der Waals surface area contributed by atoms with Crippen LogP contribution in [0.2, 0.25) is 0 Å². The van der Waals surface area contributed by atoms with Gasteiger partial charge in [-0.2, -0.15) is 0 Å². The lowest BCUT2D eigenvalue weighted by molar-refractivity contribution is 0.102. The summed E-state index contributed by atoms with van der Waals surface area (Å²) >= 11 is 0. The summed E-state index contributed by atoms with van der Waals surface area (Å²) in [4.78, 5) is 27.1. The number of nitrogens with zero attached hydrogens (tertiary/aromatic N) is 1. The van der Waals surface area contributed by atoms with Gasteiger partial charge in [0.25, 0.3) is 11.5 Å². The molecule has 0 radical (unpaired) electrons. The molecule has 3 aromatic rings. The van der Waals surface area contributed by atoms with Crippen LogP contribution in [0.25, 0.3) is 10.9 Å². The molecule has 1 aromatic carbocycles. The van der Waals surface area contributed by atoms with Gasteiger partial charge in [0.1, 0.15) is 17.1 Å². The highest BCUT2D eigenvalue weighted by Crippen LogP contribution is 2.27. The van der Waals surface area contributed by atoms with Crippen molar-refractivity contribution in [2.45, 2.75) is 26.2 Å². The number of hydrogen-bond acceptors (Lipinski definition) is 5. The van der Waals surface area contributed by atoms with E-state index in [0.29, 0.717) is 16.7 Å². The maximum absolute atomic E-state index is 12.4. The zero-order valence-corrected chi connectivity index (χ0v) is 13.5. The molecule has 0 spiro atoms. The molecule has 124 valence electrons. The molecule has 2 aromatic heterocycles. The number of fused-ring (bicyclic) bond motifs is 1. The van der Waals surface area contributed by atoms with Crippen molar-refractivity contribution in [3.63, 3.8) is 0 Å². The van der Waals surface area contributed by atoms with E-state index < -0.39 is 11.5 Å². The number of carbonyl (C=O) groups is 1. The van der Waals surface area contributed by atoms with Crippen LogP contribution in [0.3, 0.4) is 0 Å². The molecule has 3 rings (SSSR count). The van der Waals surface area contributed by atoms with Gasteiger partial charge in [0.2, 0.25) is 0 Å². The second-order valence-electron chi connectivity index (χ2n) is 6.50. The first-order valence-electron chi connectivity index (χ1n) is 7.40. The molecule has 0 bridgehead atoms. The summed E-state index contributed by atoms with van der Waals surface area (Å²) in [6, 6.07) is 8.27. The van der Waals surface area contributed by atoms with Crippen LogP contribution in [0.15, 0.2) is 39.6 Å². The molecule has 0 atom stereocenters. The quantitative estimate of drug-likeness (QED) is 0.670. The van der Waals surface area contributed by atoms with E-state index in [2.05, 4.69) is 15.5 Å². The van der Waals surface area contributed by atoms with Gasteiger partial charge in [-0.15, -0.1) is 0 Å². The minimum absolute atomic E-state index is 0.178. The number of nitrogens with one attached hydrogen (secondary N) is 2. The fraction of sp³-hybridized carbons (Fsp3) is 0.235. The molecule has 24 heavy (non-hydrogen) atoms. The minimum atomic E-state index is -0.756. The highest BCUT2D eigenvalue weighted by atomic mass is 16.5. The zero-order chi connectivity index (χ0) is 17.5. The topological polar surface area (TPSA) is 108 Å². The maximum atomic E-state index is 12.4. The highest BCUT2D eigenvalue weighted by Gasteiger charge is 2.23. The number of para-hydroxylation sites is 1. The Morgan fingerprint density at radius 1 is 1.29 bits per heavy atom. The lowest BCUT2D eigenvalue weighted by Gasteiger charge is -2.12. The number of carbonyl (C=O) groups excluding carboxylic acids is 1. The van der Waals surface area contributed by atoms with Crippen molar-refractivity contribution in [1.29, 1.82) is 0 Å². The predicted molar refractivity (Wildman–Crippen MR) is 89.4 cm³/mol. The number of amides is 1. The van der Waals surface area contributed by atoms with Crippen molar-refractivity contribution in [3.05, 3.63) is 52.0 Å². The Hall–Kier alpha value is -3.09. The summed E-state index contributed by atoms with van der Waals surface area (Å²) in [5.41, 5.74) is -0.858. The van der Waals surface area contributed by atoms with E-state index in [1.54, 1.807) is 30.3 Å². The molecule has 2 heterocycles. The molecule has 0 aliphatic heterocycles. The summed E-state index contributed by atoms with van der Waals surface area (Å²) in [6.07, 6.45) is 0. The largest absolute Gasteiger partial charge is 0.506 e. The Bertz CT molecular complexity index is 979. The first kappa shape index (κ1) is 15.8. The van der Waals surface area contributed by atoms with Crippen LogP contribution in [0.1, 0.15) is 36.9 Å². The molecule has 0 unspecified atom stereocenters. The van der Waals surface area contributed by atoms with Crippen LogP contribution in [-0.2, 0) is 5.41 Å². The number of aromatic hydroxyl groups is 1. The van der Waals surface area contributed by atoms with Crippen molar-refractivity contribution >= 4 is 22.6 Å². The number of benzene rings is 1. The number of hydrogen-bond donors (Lipinski definition) is 3. The van der Waals surface area contributed by atoms with Gasteiger partial charge in [-0.1, -0.05) is 38.1 Å². The standard InChI is InChI=1S/C17H17N3O4/c1-17(2,3)11-8-12(20-24-11)19-16(23)13-14(21)9-6-4-5-7-10(9)18-15(13)22/h4-8H,1-3H3,(H2,18,21,22)(H,19,20,23). The fourth-order valence-corrected chi connectivity index (χ4v) is 2.30. The Balaban J connectivity index is 1.97. The van der Waals surface area contributed by atoms with Crippen molar-refractivity contribution in [3.8, 4) is 5.75 Å². The lowest BCUT2D eigenvalue weighted by atomic mass is 9.93. The molecule has 7 heteroatoms. The Labute approximate surface area is 137 Å². The zero-order valence-electron chi connectivity index (χ0n) is 13.5. The molecule has 0 saturated carbocycles. The van der Waals surface area contributed by atoms with Crippen LogP contribution in [0.4, 0.5) is 5.82 Å². The first-order valence-corrected chi connectivity index (χ1v) is 7.40. The van der Waals surface area contributed by atoms with Crippen LogP contribution in [0.5, 0.6) is 5.75 Å². The molecule has 3 N–H and O–H groups in total. The Morgan fingerprint density at radius 2 is 2.00 bits per heavy atom. The lowest BCUT2D eigenvalue weighted by Crippen LogP contribution is -2.23. The number of aromatic nitrogens is 2. The first-order chi connectivity index (χ1) is 11.3. The SMILES string of the molecule is CC(C)(C)c1cc(NC(=O)c2c(O)c3ccccc3[nH]c2=O)no1.